The monoisotopic (exact) mass is 355 g/mol. The van der Waals surface area contributed by atoms with E-state index in [-0.39, 0.29) is 11.3 Å². The van der Waals surface area contributed by atoms with Crippen LogP contribution in [0.5, 0.6) is 5.75 Å². The minimum atomic E-state index is -6.09. The first-order valence-electron chi connectivity index (χ1n) is 6.38. The van der Waals surface area contributed by atoms with Crippen molar-refractivity contribution in [3.63, 3.8) is 0 Å². The van der Waals surface area contributed by atoms with Gasteiger partial charge in [0.2, 0.25) is 0 Å². The van der Waals surface area contributed by atoms with Crippen LogP contribution in [0.25, 0.3) is 0 Å². The molecule has 0 saturated carbocycles. The highest BCUT2D eigenvalue weighted by Crippen LogP contribution is 2.41. The molecular weight excluding hydrogens is 343 g/mol. The molecule has 0 amide bonds. The third-order valence-corrected chi connectivity index (χ3v) is 4.66. The molecule has 1 aliphatic rings. The molecule has 1 aliphatic carbocycles. The summed E-state index contributed by atoms with van der Waals surface area (Å²) in [5, 5.41) is 9.12. The van der Waals surface area contributed by atoms with Gasteiger partial charge in [-0.1, -0.05) is 6.92 Å². The van der Waals surface area contributed by atoms with Crippen molar-refractivity contribution in [2.24, 2.45) is 7.05 Å². The lowest BCUT2D eigenvalue weighted by Gasteiger charge is -2.18. The number of halogens is 3. The number of hydrogen-bond donors (Lipinski definition) is 1. The topological polar surface area (TPSA) is 103 Å². The maximum absolute atomic E-state index is 12.5. The summed E-state index contributed by atoms with van der Waals surface area (Å²) < 4.78 is 65.2. The van der Waals surface area contributed by atoms with Gasteiger partial charge in [0.15, 0.2) is 11.3 Å². The third kappa shape index (κ3) is 2.69. The average Bonchev–Trinajstić information content (AvgIpc) is 2.76. The molecule has 2 rings (SSSR count). The van der Waals surface area contributed by atoms with Crippen LogP contribution in [-0.2, 0) is 23.6 Å². The van der Waals surface area contributed by atoms with Gasteiger partial charge < -0.3 is 13.9 Å². The normalized spacial score (nSPS) is 17.9. The molecule has 0 unspecified atom stereocenters. The molecule has 1 aromatic rings. The van der Waals surface area contributed by atoms with Gasteiger partial charge in [-0.25, -0.2) is 4.79 Å². The molecule has 128 valence electrons. The minimum Gasteiger partial charge on any atom is -0.477 e. The standard InChI is InChI=1S/C12H12F3NO6S/c1-5-3-4-6-7(5)9(22-23(20,21)12(13,14)15)8(11(18)19)10(17)16(6)2/h5H,3-4H2,1-2H3,(H,18,19)/t5-/m1/s1. The molecule has 0 bridgehead atoms. The Morgan fingerprint density at radius 1 is 1.39 bits per heavy atom. The number of carboxylic acids is 1. The lowest BCUT2D eigenvalue weighted by Crippen LogP contribution is -2.33. The number of hydrogen-bond acceptors (Lipinski definition) is 5. The van der Waals surface area contributed by atoms with Crippen LogP contribution in [0.1, 0.15) is 40.9 Å². The molecule has 7 nitrogen and oxygen atoms in total. The quantitative estimate of drug-likeness (QED) is 0.649. The molecule has 23 heavy (non-hydrogen) atoms. The van der Waals surface area contributed by atoms with E-state index in [4.69, 9.17) is 5.11 Å². The number of rotatable bonds is 3. The molecule has 0 spiro atoms. The number of nitrogens with zero attached hydrogens (tertiary/aromatic N) is 1. The summed E-state index contributed by atoms with van der Waals surface area (Å²) in [6.07, 6.45) is 0.721. The lowest BCUT2D eigenvalue weighted by atomic mass is 10.0. The molecule has 0 aromatic carbocycles. The predicted molar refractivity (Wildman–Crippen MR) is 71.0 cm³/mol. The van der Waals surface area contributed by atoms with Crippen LogP contribution in [0.4, 0.5) is 13.2 Å². The Labute approximate surface area is 128 Å². The van der Waals surface area contributed by atoms with Crippen molar-refractivity contribution in [1.29, 1.82) is 0 Å². The van der Waals surface area contributed by atoms with E-state index in [0.29, 0.717) is 12.8 Å². The van der Waals surface area contributed by atoms with E-state index < -0.39 is 44.4 Å². The van der Waals surface area contributed by atoms with Crippen LogP contribution in [0.2, 0.25) is 0 Å². The lowest BCUT2D eigenvalue weighted by molar-refractivity contribution is -0.0500. The highest BCUT2D eigenvalue weighted by Gasteiger charge is 2.50. The van der Waals surface area contributed by atoms with Gasteiger partial charge in [0, 0.05) is 18.3 Å². The zero-order chi connectivity index (χ0) is 17.7. The summed E-state index contributed by atoms with van der Waals surface area (Å²) in [4.78, 5) is 23.3. The van der Waals surface area contributed by atoms with E-state index in [2.05, 4.69) is 4.18 Å². The Balaban J connectivity index is 2.82. The Hall–Kier alpha value is -2.04. The van der Waals surface area contributed by atoms with E-state index in [1.165, 1.54) is 7.05 Å². The summed E-state index contributed by atoms with van der Waals surface area (Å²) in [5.74, 6) is -3.36. The van der Waals surface area contributed by atoms with Crippen LogP contribution >= 0.6 is 0 Å². The van der Waals surface area contributed by atoms with Crippen LogP contribution in [0.15, 0.2) is 4.79 Å². The minimum absolute atomic E-state index is 0.00248. The Bertz CT molecular complexity index is 840. The van der Waals surface area contributed by atoms with Crippen molar-refractivity contribution in [3.05, 3.63) is 27.2 Å². The molecular formula is C12H12F3NO6S. The molecule has 0 fully saturated rings. The number of carbonyl (C=O) groups is 1. The molecule has 1 aromatic heterocycles. The summed E-state index contributed by atoms with van der Waals surface area (Å²) in [7, 11) is -4.82. The van der Waals surface area contributed by atoms with Crippen LogP contribution in [0, 0.1) is 0 Å². The predicted octanol–water partition coefficient (Wildman–Crippen LogP) is 1.36. The molecule has 0 radical (unpaired) electrons. The van der Waals surface area contributed by atoms with Crippen molar-refractivity contribution in [2.75, 3.05) is 0 Å². The zero-order valence-electron chi connectivity index (χ0n) is 12.0. The van der Waals surface area contributed by atoms with Crippen LogP contribution < -0.4 is 9.74 Å². The van der Waals surface area contributed by atoms with Gasteiger partial charge in [0.25, 0.3) is 5.56 Å². The number of carboxylic acid groups (broad SMARTS) is 1. The Morgan fingerprint density at radius 3 is 2.43 bits per heavy atom. The molecule has 0 saturated heterocycles. The molecule has 1 heterocycles. The SMILES string of the molecule is C[C@@H]1CCc2c1c(OS(=O)(=O)C(F)(F)F)c(C(=O)O)c(=O)n2C. The second kappa shape index (κ2) is 5.25. The first-order chi connectivity index (χ1) is 10.4. The first kappa shape index (κ1) is 17.3. The van der Waals surface area contributed by atoms with Gasteiger partial charge in [0.1, 0.15) is 0 Å². The highest BCUT2D eigenvalue weighted by atomic mass is 32.2. The van der Waals surface area contributed by atoms with E-state index in [9.17, 15) is 31.2 Å². The second-order valence-electron chi connectivity index (χ2n) is 5.16. The van der Waals surface area contributed by atoms with Crippen LogP contribution in [-0.4, -0.2) is 29.6 Å². The van der Waals surface area contributed by atoms with Gasteiger partial charge in [-0.05, 0) is 18.8 Å². The van der Waals surface area contributed by atoms with Crippen molar-refractivity contribution in [1.82, 2.24) is 4.57 Å². The van der Waals surface area contributed by atoms with Crippen molar-refractivity contribution in [2.45, 2.75) is 31.2 Å². The van der Waals surface area contributed by atoms with E-state index in [1.807, 2.05) is 0 Å². The first-order valence-corrected chi connectivity index (χ1v) is 7.79. The van der Waals surface area contributed by atoms with Gasteiger partial charge in [-0.3, -0.25) is 4.79 Å². The molecule has 1 atom stereocenters. The molecule has 11 heteroatoms. The fourth-order valence-electron chi connectivity index (χ4n) is 2.57. The fraction of sp³-hybridized carbons (Fsp3) is 0.500. The van der Waals surface area contributed by atoms with Gasteiger partial charge >= 0.3 is 21.6 Å². The van der Waals surface area contributed by atoms with Crippen molar-refractivity contribution < 1.29 is 35.7 Å². The van der Waals surface area contributed by atoms with Gasteiger partial charge in [-0.15, -0.1) is 0 Å². The third-order valence-electron chi connectivity index (χ3n) is 3.70. The number of aromatic nitrogens is 1. The summed E-state index contributed by atoms with van der Waals surface area (Å²) in [6, 6.07) is 0. The number of alkyl halides is 3. The van der Waals surface area contributed by atoms with Crippen LogP contribution in [0.3, 0.4) is 0 Å². The Morgan fingerprint density at radius 2 is 1.96 bits per heavy atom. The summed E-state index contributed by atoms with van der Waals surface area (Å²) >= 11 is 0. The second-order valence-corrected chi connectivity index (χ2v) is 6.69. The maximum Gasteiger partial charge on any atom is 0.534 e. The van der Waals surface area contributed by atoms with E-state index in [1.54, 1.807) is 6.92 Å². The van der Waals surface area contributed by atoms with Gasteiger partial charge in [0.05, 0.1) is 0 Å². The van der Waals surface area contributed by atoms with E-state index in [0.717, 1.165) is 4.57 Å². The van der Waals surface area contributed by atoms with Crippen molar-refractivity contribution >= 4 is 16.1 Å². The smallest absolute Gasteiger partial charge is 0.477 e. The number of aromatic carboxylic acids is 1. The summed E-state index contributed by atoms with van der Waals surface area (Å²) in [5.41, 5.74) is -7.73. The average molecular weight is 355 g/mol. The van der Waals surface area contributed by atoms with Gasteiger partial charge in [-0.2, -0.15) is 21.6 Å². The molecule has 0 aliphatic heterocycles. The Kier molecular flexibility index (Phi) is 3.95. The zero-order valence-corrected chi connectivity index (χ0v) is 12.8. The highest BCUT2D eigenvalue weighted by molar-refractivity contribution is 7.88. The fourth-order valence-corrected chi connectivity index (χ4v) is 3.06. The largest absolute Gasteiger partial charge is 0.534 e. The summed E-state index contributed by atoms with van der Waals surface area (Å²) in [6.45, 7) is 1.58. The number of pyridine rings is 1. The van der Waals surface area contributed by atoms with E-state index >= 15 is 0 Å². The van der Waals surface area contributed by atoms with Crippen molar-refractivity contribution in [3.8, 4) is 5.75 Å². The maximum atomic E-state index is 12.5. The number of fused-ring (bicyclic) bond motifs is 1. The molecule has 1 N–H and O–H groups in total.